The van der Waals surface area contributed by atoms with Gasteiger partial charge in [0.2, 0.25) is 0 Å². The van der Waals surface area contributed by atoms with Gasteiger partial charge in [-0.3, -0.25) is 0 Å². The van der Waals surface area contributed by atoms with Crippen molar-refractivity contribution in [2.45, 2.75) is 13.3 Å². The summed E-state index contributed by atoms with van der Waals surface area (Å²) in [5, 5.41) is 19.3. The number of rotatable bonds is 3. The fourth-order valence-electron chi connectivity index (χ4n) is 2.13. The zero-order chi connectivity index (χ0) is 13.3. The SMILES string of the molecule is CCc1ccc(C(=O)O)c2c(C(=O)O)cccc12. The third-order valence-electron chi connectivity index (χ3n) is 2.97. The highest BCUT2D eigenvalue weighted by atomic mass is 16.4. The normalized spacial score (nSPS) is 10.5. The first-order valence-corrected chi connectivity index (χ1v) is 5.57. The van der Waals surface area contributed by atoms with Gasteiger partial charge in [0.1, 0.15) is 0 Å². The summed E-state index contributed by atoms with van der Waals surface area (Å²) in [4.78, 5) is 22.4. The second-order valence-corrected chi connectivity index (χ2v) is 3.96. The third kappa shape index (κ3) is 1.82. The second kappa shape index (κ2) is 4.49. The largest absolute Gasteiger partial charge is 0.478 e. The summed E-state index contributed by atoms with van der Waals surface area (Å²) < 4.78 is 0. The smallest absolute Gasteiger partial charge is 0.336 e. The maximum Gasteiger partial charge on any atom is 0.336 e. The van der Waals surface area contributed by atoms with Crippen molar-refractivity contribution in [1.29, 1.82) is 0 Å². The van der Waals surface area contributed by atoms with Crippen molar-refractivity contribution in [3.05, 3.63) is 47.0 Å². The molecule has 0 bridgehead atoms. The summed E-state index contributed by atoms with van der Waals surface area (Å²) >= 11 is 0. The van der Waals surface area contributed by atoms with Gasteiger partial charge in [-0.25, -0.2) is 9.59 Å². The summed E-state index contributed by atoms with van der Waals surface area (Å²) in [5.41, 5.74) is 0.999. The van der Waals surface area contributed by atoms with Crippen LogP contribution in [0.3, 0.4) is 0 Å². The van der Waals surface area contributed by atoms with Crippen LogP contribution in [-0.2, 0) is 6.42 Å². The van der Waals surface area contributed by atoms with Gasteiger partial charge in [-0.2, -0.15) is 0 Å². The number of aromatic carboxylic acids is 2. The Morgan fingerprint density at radius 3 is 2.17 bits per heavy atom. The van der Waals surface area contributed by atoms with E-state index in [2.05, 4.69) is 0 Å². The van der Waals surface area contributed by atoms with Crippen LogP contribution in [0, 0.1) is 0 Å². The molecule has 18 heavy (non-hydrogen) atoms. The first kappa shape index (κ1) is 12.1. The number of benzene rings is 2. The van der Waals surface area contributed by atoms with E-state index < -0.39 is 11.9 Å². The Morgan fingerprint density at radius 1 is 1.00 bits per heavy atom. The summed E-state index contributed by atoms with van der Waals surface area (Å²) in [6.45, 7) is 1.95. The highest BCUT2D eigenvalue weighted by Gasteiger charge is 2.17. The molecule has 0 aliphatic rings. The first-order valence-electron chi connectivity index (χ1n) is 5.57. The first-order chi connectivity index (χ1) is 8.56. The van der Waals surface area contributed by atoms with Crippen molar-refractivity contribution in [1.82, 2.24) is 0 Å². The minimum absolute atomic E-state index is 0.0280. The zero-order valence-corrected chi connectivity index (χ0v) is 9.80. The molecule has 0 radical (unpaired) electrons. The molecule has 0 heterocycles. The average Bonchev–Trinajstić information content (AvgIpc) is 2.36. The van der Waals surface area contributed by atoms with Gasteiger partial charge < -0.3 is 10.2 Å². The zero-order valence-electron chi connectivity index (χ0n) is 9.80. The van der Waals surface area contributed by atoms with Gasteiger partial charge in [0, 0.05) is 5.39 Å². The van der Waals surface area contributed by atoms with Crippen molar-refractivity contribution in [2.75, 3.05) is 0 Å². The standard InChI is InChI=1S/C14H12O4/c1-2-8-6-7-11(14(17)18)12-9(8)4-3-5-10(12)13(15)16/h3-7H,2H2,1H3,(H,15,16)(H,17,18). The molecule has 4 heteroatoms. The van der Waals surface area contributed by atoms with Gasteiger partial charge in [0.15, 0.2) is 0 Å². The van der Waals surface area contributed by atoms with Gasteiger partial charge in [0.05, 0.1) is 11.1 Å². The predicted molar refractivity (Wildman–Crippen MR) is 67.2 cm³/mol. The minimum Gasteiger partial charge on any atom is -0.478 e. The van der Waals surface area contributed by atoms with E-state index in [0.717, 1.165) is 12.0 Å². The number of carboxylic acids is 2. The fraction of sp³-hybridized carbons (Fsp3) is 0.143. The molecule has 0 unspecified atom stereocenters. The Morgan fingerprint density at radius 2 is 1.61 bits per heavy atom. The van der Waals surface area contributed by atoms with Gasteiger partial charge in [0.25, 0.3) is 0 Å². The van der Waals surface area contributed by atoms with Crippen LogP contribution in [0.1, 0.15) is 33.2 Å². The Bertz CT molecular complexity index is 623. The third-order valence-corrected chi connectivity index (χ3v) is 2.97. The van der Waals surface area contributed by atoms with E-state index >= 15 is 0 Å². The molecule has 0 fully saturated rings. The number of hydrogen-bond acceptors (Lipinski definition) is 2. The second-order valence-electron chi connectivity index (χ2n) is 3.96. The molecule has 0 aliphatic carbocycles. The molecule has 0 aliphatic heterocycles. The van der Waals surface area contributed by atoms with Crippen LogP contribution in [0.5, 0.6) is 0 Å². The molecule has 2 rings (SSSR count). The van der Waals surface area contributed by atoms with Crippen LogP contribution < -0.4 is 0 Å². The number of aryl methyl sites for hydroxylation is 1. The summed E-state index contributed by atoms with van der Waals surface area (Å²) in [6, 6.07) is 8.02. The lowest BCUT2D eigenvalue weighted by atomic mass is 9.94. The molecular weight excluding hydrogens is 232 g/mol. The van der Waals surface area contributed by atoms with Crippen molar-refractivity contribution in [3.63, 3.8) is 0 Å². The van der Waals surface area contributed by atoms with Crippen molar-refractivity contribution >= 4 is 22.7 Å². The van der Waals surface area contributed by atoms with E-state index in [0.29, 0.717) is 10.8 Å². The monoisotopic (exact) mass is 244 g/mol. The van der Waals surface area contributed by atoms with E-state index in [1.165, 1.54) is 12.1 Å². The molecule has 0 spiro atoms. The van der Waals surface area contributed by atoms with E-state index in [9.17, 15) is 9.59 Å². The molecule has 0 amide bonds. The number of carbonyl (C=O) groups is 2. The van der Waals surface area contributed by atoms with Crippen molar-refractivity contribution in [2.24, 2.45) is 0 Å². The summed E-state index contributed by atoms with van der Waals surface area (Å²) in [5.74, 6) is -2.23. The van der Waals surface area contributed by atoms with Gasteiger partial charge in [-0.05, 0) is 29.5 Å². The van der Waals surface area contributed by atoms with Crippen molar-refractivity contribution < 1.29 is 19.8 Å². The number of hydrogen-bond donors (Lipinski definition) is 2. The number of fused-ring (bicyclic) bond motifs is 1. The van der Waals surface area contributed by atoms with Crippen LogP contribution in [0.2, 0.25) is 0 Å². The maximum atomic E-state index is 11.2. The van der Waals surface area contributed by atoms with Crippen LogP contribution in [0.25, 0.3) is 10.8 Å². The highest BCUT2D eigenvalue weighted by molar-refractivity contribution is 6.13. The Labute approximate surface area is 103 Å². The molecule has 2 aromatic rings. The van der Waals surface area contributed by atoms with Gasteiger partial charge in [-0.15, -0.1) is 0 Å². The van der Waals surface area contributed by atoms with Gasteiger partial charge in [-0.1, -0.05) is 25.1 Å². The lowest BCUT2D eigenvalue weighted by Gasteiger charge is -2.10. The lowest BCUT2D eigenvalue weighted by Crippen LogP contribution is -2.05. The van der Waals surface area contributed by atoms with Crippen LogP contribution in [-0.4, -0.2) is 22.2 Å². The summed E-state index contributed by atoms with van der Waals surface area (Å²) in [7, 11) is 0. The van der Waals surface area contributed by atoms with Crippen LogP contribution in [0.15, 0.2) is 30.3 Å². The van der Waals surface area contributed by atoms with E-state index in [-0.39, 0.29) is 11.1 Å². The Hall–Kier alpha value is -2.36. The van der Waals surface area contributed by atoms with Gasteiger partial charge >= 0.3 is 11.9 Å². The molecule has 92 valence electrons. The van der Waals surface area contributed by atoms with E-state index in [4.69, 9.17) is 10.2 Å². The average molecular weight is 244 g/mol. The van der Waals surface area contributed by atoms with Crippen LogP contribution >= 0.6 is 0 Å². The summed E-state index contributed by atoms with van der Waals surface area (Å²) in [6.07, 6.45) is 0.722. The fourth-order valence-corrected chi connectivity index (χ4v) is 2.13. The topological polar surface area (TPSA) is 74.6 Å². The Kier molecular flexibility index (Phi) is 3.02. The minimum atomic E-state index is -1.11. The maximum absolute atomic E-state index is 11.2. The van der Waals surface area contributed by atoms with Crippen LogP contribution in [0.4, 0.5) is 0 Å². The van der Waals surface area contributed by atoms with Crippen molar-refractivity contribution in [3.8, 4) is 0 Å². The highest BCUT2D eigenvalue weighted by Crippen LogP contribution is 2.27. The van der Waals surface area contributed by atoms with E-state index in [1.54, 1.807) is 18.2 Å². The molecule has 2 aromatic carbocycles. The molecule has 4 nitrogen and oxygen atoms in total. The molecule has 0 saturated carbocycles. The molecule has 0 atom stereocenters. The molecule has 0 saturated heterocycles. The molecular formula is C14H12O4. The number of carboxylic acid groups (broad SMARTS) is 2. The Balaban J connectivity index is 2.96. The van der Waals surface area contributed by atoms with E-state index in [1.807, 2.05) is 6.92 Å². The predicted octanol–water partition coefficient (Wildman–Crippen LogP) is 2.80. The molecule has 2 N–H and O–H groups in total. The molecule has 0 aromatic heterocycles. The quantitative estimate of drug-likeness (QED) is 0.870. The lowest BCUT2D eigenvalue weighted by molar-refractivity contribution is 0.0695.